The van der Waals surface area contributed by atoms with Crippen molar-refractivity contribution in [1.82, 2.24) is 0 Å². The summed E-state index contributed by atoms with van der Waals surface area (Å²) in [5, 5.41) is 0. The minimum atomic E-state index is 0. The van der Waals surface area contributed by atoms with E-state index in [9.17, 15) is 0 Å². The Bertz CT molecular complexity index is 6.00. The van der Waals surface area contributed by atoms with Crippen molar-refractivity contribution in [3.63, 3.8) is 0 Å². The molecule has 2 nitrogen and oxygen atoms in total. The zero-order valence-electron chi connectivity index (χ0n) is 1.86. The molecule has 0 aromatic carbocycles. The second-order valence-electron chi connectivity index (χ2n) is 0. The molecule has 0 rings (SSSR count). The largest absolute Gasteiger partial charge is 2.00 e. The minimum absolute atomic E-state index is 0. The average Bonchev–Trinajstić information content (AvgIpc) is 0. The molecule has 0 bridgehead atoms. The second kappa shape index (κ2) is 30.0. The van der Waals surface area contributed by atoms with Gasteiger partial charge in [0.2, 0.25) is 0 Å². The molecule has 0 saturated heterocycles. The molecule has 0 amide bonds. The first kappa shape index (κ1) is 64.2. The van der Waals surface area contributed by atoms with Crippen LogP contribution in [0.3, 0.4) is 0 Å². The molecule has 23 valence electrons. The molecular formula is CoMgO2. The molecule has 0 aliphatic heterocycles. The van der Waals surface area contributed by atoms with Crippen LogP contribution in [0.1, 0.15) is 0 Å². The van der Waals surface area contributed by atoms with Gasteiger partial charge in [0.05, 0.1) is 0 Å². The molecule has 0 aliphatic carbocycles. The van der Waals surface area contributed by atoms with Crippen LogP contribution in [0.25, 0.3) is 0 Å². The van der Waals surface area contributed by atoms with Crippen molar-refractivity contribution in [2.45, 2.75) is 0 Å². The van der Waals surface area contributed by atoms with Crippen molar-refractivity contribution in [1.29, 1.82) is 0 Å². The van der Waals surface area contributed by atoms with E-state index in [1.807, 2.05) is 0 Å². The molecule has 0 saturated carbocycles. The van der Waals surface area contributed by atoms with Gasteiger partial charge in [0.15, 0.2) is 0 Å². The maximum absolute atomic E-state index is 0. The fourth-order valence-electron chi connectivity index (χ4n) is 0. The monoisotopic (exact) mass is 115 g/mol. The van der Waals surface area contributed by atoms with Gasteiger partial charge in [-0.25, -0.2) is 0 Å². The SMILES string of the molecule is [Co+2].[Mg+2].[O-2].[O-2]. The van der Waals surface area contributed by atoms with E-state index < -0.39 is 0 Å². The average molecular weight is 115 g/mol. The summed E-state index contributed by atoms with van der Waals surface area (Å²) in [4.78, 5) is 0. The molecule has 0 atom stereocenters. The smallest absolute Gasteiger partial charge is 2.00 e. The predicted molar refractivity (Wildman–Crippen MR) is 7.13 cm³/mol. The Labute approximate surface area is 50.9 Å². The first-order chi connectivity index (χ1) is 0. The molecule has 0 aromatic heterocycles. The van der Waals surface area contributed by atoms with Gasteiger partial charge in [-0.05, 0) is 0 Å². The number of hydrogen-bond donors (Lipinski definition) is 0. The molecule has 0 unspecified atom stereocenters. The van der Waals surface area contributed by atoms with Crippen molar-refractivity contribution < 1.29 is 27.7 Å². The van der Waals surface area contributed by atoms with E-state index in [0.717, 1.165) is 0 Å². The maximum Gasteiger partial charge on any atom is 2.00 e. The molecule has 0 aromatic rings. The van der Waals surface area contributed by atoms with E-state index >= 15 is 0 Å². The van der Waals surface area contributed by atoms with Crippen LogP contribution in [0, 0.1) is 0 Å². The molecule has 0 heterocycles. The Balaban J connectivity index is 0. The van der Waals surface area contributed by atoms with Gasteiger partial charge in [0, 0.05) is 0 Å². The molecule has 0 spiro atoms. The van der Waals surface area contributed by atoms with Crippen LogP contribution in [0.4, 0.5) is 0 Å². The third-order valence-electron chi connectivity index (χ3n) is 0. The second-order valence-corrected chi connectivity index (χ2v) is 0. The Morgan fingerprint density at radius 2 is 0.750 bits per heavy atom. The quantitative estimate of drug-likeness (QED) is 0.378. The summed E-state index contributed by atoms with van der Waals surface area (Å²) in [6.45, 7) is 0. The van der Waals surface area contributed by atoms with E-state index in [1.165, 1.54) is 0 Å². The molecule has 0 aliphatic rings. The molecule has 4 heavy (non-hydrogen) atoms. The van der Waals surface area contributed by atoms with Gasteiger partial charge in [-0.3, -0.25) is 0 Å². The summed E-state index contributed by atoms with van der Waals surface area (Å²) >= 11 is 0. The van der Waals surface area contributed by atoms with Crippen molar-refractivity contribution in [2.75, 3.05) is 0 Å². The van der Waals surface area contributed by atoms with Crippen LogP contribution in [-0.2, 0) is 27.7 Å². The molecule has 0 N–H and O–H groups in total. The number of rotatable bonds is 0. The zero-order valence-corrected chi connectivity index (χ0v) is 4.31. The first-order valence-electron chi connectivity index (χ1n) is 0. The van der Waals surface area contributed by atoms with E-state index in [0.29, 0.717) is 0 Å². The van der Waals surface area contributed by atoms with Crippen LogP contribution in [0.5, 0.6) is 0 Å². The van der Waals surface area contributed by atoms with Crippen LogP contribution < -0.4 is 0 Å². The maximum atomic E-state index is 0. The fraction of sp³-hybridized carbons (Fsp3) is 0. The Hall–Kier alpha value is 1.19. The van der Waals surface area contributed by atoms with E-state index in [-0.39, 0.29) is 50.8 Å². The van der Waals surface area contributed by atoms with Gasteiger partial charge in [0.1, 0.15) is 0 Å². The Kier molecular flexibility index (Phi) is 482. The summed E-state index contributed by atoms with van der Waals surface area (Å²) in [7, 11) is 0. The Morgan fingerprint density at radius 1 is 0.750 bits per heavy atom. The van der Waals surface area contributed by atoms with Crippen molar-refractivity contribution in [3.8, 4) is 0 Å². The van der Waals surface area contributed by atoms with Crippen LogP contribution in [-0.4, -0.2) is 23.1 Å². The van der Waals surface area contributed by atoms with E-state index in [4.69, 9.17) is 0 Å². The summed E-state index contributed by atoms with van der Waals surface area (Å²) in [6, 6.07) is 0. The Morgan fingerprint density at radius 3 is 0.750 bits per heavy atom. The minimum Gasteiger partial charge on any atom is -2.00 e. The summed E-state index contributed by atoms with van der Waals surface area (Å²) in [5.41, 5.74) is 0. The molecule has 4 heteroatoms. The van der Waals surface area contributed by atoms with Crippen LogP contribution in [0.15, 0.2) is 0 Å². The van der Waals surface area contributed by atoms with Crippen molar-refractivity contribution in [2.24, 2.45) is 0 Å². The van der Waals surface area contributed by atoms with E-state index in [2.05, 4.69) is 0 Å². The third kappa shape index (κ3) is 10.8. The first-order valence-corrected chi connectivity index (χ1v) is 0. The van der Waals surface area contributed by atoms with Crippen LogP contribution >= 0.6 is 0 Å². The van der Waals surface area contributed by atoms with Crippen LogP contribution in [0.2, 0.25) is 0 Å². The molecule has 1 radical (unpaired) electrons. The standard InChI is InChI=1S/Co.Mg.2O/q2*+2;2*-2. The molecule has 0 fully saturated rings. The van der Waals surface area contributed by atoms with Crippen molar-refractivity contribution in [3.05, 3.63) is 0 Å². The third-order valence-corrected chi connectivity index (χ3v) is 0. The fourth-order valence-corrected chi connectivity index (χ4v) is 0. The summed E-state index contributed by atoms with van der Waals surface area (Å²) in [5.74, 6) is 0. The van der Waals surface area contributed by atoms with Gasteiger partial charge in [-0.15, -0.1) is 0 Å². The predicted octanol–water partition coefficient (Wildman–Crippen LogP) is -0.621. The van der Waals surface area contributed by atoms with E-state index in [1.54, 1.807) is 0 Å². The number of hydrogen-bond acceptors (Lipinski definition) is 0. The molecular weight excluding hydrogens is 115 g/mol. The zero-order chi connectivity index (χ0) is 0. The van der Waals surface area contributed by atoms with Gasteiger partial charge >= 0.3 is 39.8 Å². The van der Waals surface area contributed by atoms with Gasteiger partial charge < -0.3 is 11.0 Å². The van der Waals surface area contributed by atoms with Gasteiger partial charge in [-0.1, -0.05) is 0 Å². The normalized spacial score (nSPS) is 0. The summed E-state index contributed by atoms with van der Waals surface area (Å²) in [6.07, 6.45) is 0. The van der Waals surface area contributed by atoms with Gasteiger partial charge in [0.25, 0.3) is 0 Å². The summed E-state index contributed by atoms with van der Waals surface area (Å²) < 4.78 is 0. The topological polar surface area (TPSA) is 57.0 Å². The van der Waals surface area contributed by atoms with Gasteiger partial charge in [-0.2, -0.15) is 0 Å². The van der Waals surface area contributed by atoms with Crippen molar-refractivity contribution >= 4 is 23.1 Å².